The maximum absolute atomic E-state index is 12.4. The number of ether oxygens (including phenoxy) is 1. The van der Waals surface area contributed by atoms with E-state index in [2.05, 4.69) is 34.5 Å². The van der Waals surface area contributed by atoms with Gasteiger partial charge in [-0.05, 0) is 48.1 Å². The molecule has 3 fully saturated rings. The quantitative estimate of drug-likeness (QED) is 0.864. The lowest BCUT2D eigenvalue weighted by atomic mass is 9.86. The standard InChI is InChI=1S/C21H30N2O2/c24-21(13-20-12-16-5-6-17(20)11-16)22-14-18-3-1-2-4-19(18)15-23-7-9-25-10-8-23/h1-4,16-17,20H,5-15H2,(H,22,24)/t16-,17+,20+/m0/s1. The molecule has 1 N–H and O–H groups in total. The Morgan fingerprint density at radius 1 is 1.12 bits per heavy atom. The molecule has 25 heavy (non-hydrogen) atoms. The van der Waals surface area contributed by atoms with E-state index in [1.54, 1.807) is 0 Å². The zero-order chi connectivity index (χ0) is 17.1. The second kappa shape index (κ2) is 7.88. The molecule has 2 saturated carbocycles. The highest BCUT2D eigenvalue weighted by atomic mass is 16.5. The second-order valence-electron chi connectivity index (χ2n) is 8.07. The van der Waals surface area contributed by atoms with E-state index in [1.807, 2.05) is 0 Å². The van der Waals surface area contributed by atoms with Crippen molar-refractivity contribution in [2.75, 3.05) is 26.3 Å². The number of morpholine rings is 1. The topological polar surface area (TPSA) is 41.6 Å². The summed E-state index contributed by atoms with van der Waals surface area (Å²) in [4.78, 5) is 14.8. The van der Waals surface area contributed by atoms with Crippen molar-refractivity contribution < 1.29 is 9.53 Å². The summed E-state index contributed by atoms with van der Waals surface area (Å²) in [6, 6.07) is 8.50. The highest BCUT2D eigenvalue weighted by molar-refractivity contribution is 5.76. The van der Waals surface area contributed by atoms with E-state index in [9.17, 15) is 4.79 Å². The summed E-state index contributed by atoms with van der Waals surface area (Å²) in [5, 5.41) is 3.18. The summed E-state index contributed by atoms with van der Waals surface area (Å²) in [6.45, 7) is 5.22. The van der Waals surface area contributed by atoms with Gasteiger partial charge < -0.3 is 10.1 Å². The molecule has 3 atom stereocenters. The number of carbonyl (C=O) groups is 1. The summed E-state index contributed by atoms with van der Waals surface area (Å²) < 4.78 is 5.43. The zero-order valence-corrected chi connectivity index (χ0v) is 15.1. The largest absolute Gasteiger partial charge is 0.379 e. The number of nitrogens with zero attached hydrogens (tertiary/aromatic N) is 1. The Hall–Kier alpha value is -1.39. The molecular formula is C21H30N2O2. The third kappa shape index (κ3) is 4.24. The van der Waals surface area contributed by atoms with Crippen LogP contribution in [-0.4, -0.2) is 37.1 Å². The average molecular weight is 342 g/mol. The minimum Gasteiger partial charge on any atom is -0.379 e. The molecule has 2 bridgehead atoms. The second-order valence-corrected chi connectivity index (χ2v) is 8.07. The molecule has 4 nitrogen and oxygen atoms in total. The van der Waals surface area contributed by atoms with Gasteiger partial charge >= 0.3 is 0 Å². The van der Waals surface area contributed by atoms with Crippen molar-refractivity contribution in [3.05, 3.63) is 35.4 Å². The lowest BCUT2D eigenvalue weighted by molar-refractivity contribution is -0.122. The molecule has 2 aliphatic carbocycles. The average Bonchev–Trinajstić information content (AvgIpc) is 3.25. The SMILES string of the molecule is O=C(C[C@H]1C[C@H]2CC[C@@H]1C2)NCc1ccccc1CN1CCOCC1. The Morgan fingerprint density at radius 3 is 2.64 bits per heavy atom. The molecule has 0 aromatic heterocycles. The van der Waals surface area contributed by atoms with Crippen molar-refractivity contribution in [1.29, 1.82) is 0 Å². The molecule has 1 saturated heterocycles. The molecule has 1 amide bonds. The van der Waals surface area contributed by atoms with Gasteiger partial charge in [0.05, 0.1) is 13.2 Å². The van der Waals surface area contributed by atoms with Gasteiger partial charge in [0.15, 0.2) is 0 Å². The van der Waals surface area contributed by atoms with E-state index in [4.69, 9.17) is 4.74 Å². The highest BCUT2D eigenvalue weighted by Gasteiger charge is 2.40. The van der Waals surface area contributed by atoms with E-state index < -0.39 is 0 Å². The minimum atomic E-state index is 0.235. The van der Waals surface area contributed by atoms with Gasteiger partial charge in [0.1, 0.15) is 0 Å². The van der Waals surface area contributed by atoms with Crippen molar-refractivity contribution in [3.63, 3.8) is 0 Å². The number of rotatable bonds is 6. The van der Waals surface area contributed by atoms with Crippen LogP contribution in [0.25, 0.3) is 0 Å². The van der Waals surface area contributed by atoms with Gasteiger partial charge in [0.2, 0.25) is 5.91 Å². The molecule has 0 spiro atoms. The normalized spacial score (nSPS) is 29.0. The first-order chi connectivity index (χ1) is 12.3. The number of hydrogen-bond donors (Lipinski definition) is 1. The van der Waals surface area contributed by atoms with Crippen molar-refractivity contribution >= 4 is 5.91 Å². The van der Waals surface area contributed by atoms with E-state index in [0.717, 1.165) is 51.1 Å². The number of hydrogen-bond acceptors (Lipinski definition) is 3. The smallest absolute Gasteiger partial charge is 0.220 e. The highest BCUT2D eigenvalue weighted by Crippen LogP contribution is 2.49. The summed E-state index contributed by atoms with van der Waals surface area (Å²) in [5.74, 6) is 2.61. The predicted octanol–water partition coefficient (Wildman–Crippen LogP) is 2.96. The van der Waals surface area contributed by atoms with Crippen LogP contribution in [0.5, 0.6) is 0 Å². The molecule has 4 heteroatoms. The Labute approximate surface area is 150 Å². The van der Waals surface area contributed by atoms with Crippen molar-refractivity contribution in [1.82, 2.24) is 10.2 Å². The predicted molar refractivity (Wildman–Crippen MR) is 97.9 cm³/mol. The summed E-state index contributed by atoms with van der Waals surface area (Å²) in [6.07, 6.45) is 6.14. The zero-order valence-electron chi connectivity index (χ0n) is 15.1. The van der Waals surface area contributed by atoms with Crippen LogP contribution in [-0.2, 0) is 22.6 Å². The summed E-state index contributed by atoms with van der Waals surface area (Å²) in [5.41, 5.74) is 2.57. The molecule has 3 aliphatic rings. The molecular weight excluding hydrogens is 312 g/mol. The maximum Gasteiger partial charge on any atom is 0.220 e. The first kappa shape index (κ1) is 17.0. The lowest BCUT2D eigenvalue weighted by Gasteiger charge is -2.27. The molecule has 1 aromatic carbocycles. The first-order valence-corrected chi connectivity index (χ1v) is 9.91. The number of fused-ring (bicyclic) bond motifs is 2. The van der Waals surface area contributed by atoms with Crippen molar-refractivity contribution in [2.24, 2.45) is 17.8 Å². The van der Waals surface area contributed by atoms with Gasteiger partial charge in [-0.1, -0.05) is 30.7 Å². The third-order valence-electron chi connectivity index (χ3n) is 6.42. The summed E-state index contributed by atoms with van der Waals surface area (Å²) >= 11 is 0. The Kier molecular flexibility index (Phi) is 5.37. The number of carbonyl (C=O) groups excluding carboxylic acids is 1. The molecule has 1 aliphatic heterocycles. The Balaban J connectivity index is 1.29. The van der Waals surface area contributed by atoms with Gasteiger partial charge in [0.25, 0.3) is 0 Å². The molecule has 1 heterocycles. The van der Waals surface area contributed by atoms with E-state index >= 15 is 0 Å². The first-order valence-electron chi connectivity index (χ1n) is 9.91. The van der Waals surface area contributed by atoms with E-state index in [0.29, 0.717) is 12.5 Å². The van der Waals surface area contributed by atoms with Gasteiger partial charge in [-0.15, -0.1) is 0 Å². The van der Waals surface area contributed by atoms with Crippen molar-refractivity contribution in [3.8, 4) is 0 Å². The van der Waals surface area contributed by atoms with Crippen LogP contribution >= 0.6 is 0 Å². The monoisotopic (exact) mass is 342 g/mol. The fraction of sp³-hybridized carbons (Fsp3) is 0.667. The molecule has 0 unspecified atom stereocenters. The fourth-order valence-corrected chi connectivity index (χ4v) is 5.01. The van der Waals surface area contributed by atoms with Crippen LogP contribution in [0, 0.1) is 17.8 Å². The molecule has 0 radical (unpaired) electrons. The number of benzene rings is 1. The van der Waals surface area contributed by atoms with Crippen LogP contribution in [0.4, 0.5) is 0 Å². The van der Waals surface area contributed by atoms with E-state index in [-0.39, 0.29) is 5.91 Å². The Bertz CT molecular complexity index is 597. The van der Waals surface area contributed by atoms with Crippen LogP contribution < -0.4 is 5.32 Å². The fourth-order valence-electron chi connectivity index (χ4n) is 5.01. The Morgan fingerprint density at radius 2 is 1.92 bits per heavy atom. The van der Waals surface area contributed by atoms with Crippen LogP contribution in [0.3, 0.4) is 0 Å². The van der Waals surface area contributed by atoms with Crippen LogP contribution in [0.2, 0.25) is 0 Å². The van der Waals surface area contributed by atoms with Crippen LogP contribution in [0.1, 0.15) is 43.2 Å². The number of nitrogens with one attached hydrogen (secondary N) is 1. The summed E-state index contributed by atoms with van der Waals surface area (Å²) in [7, 11) is 0. The third-order valence-corrected chi connectivity index (χ3v) is 6.42. The van der Waals surface area contributed by atoms with E-state index in [1.165, 1.54) is 36.8 Å². The lowest BCUT2D eigenvalue weighted by Crippen LogP contribution is -2.36. The van der Waals surface area contributed by atoms with Crippen LogP contribution in [0.15, 0.2) is 24.3 Å². The molecule has 136 valence electrons. The van der Waals surface area contributed by atoms with Crippen molar-refractivity contribution in [2.45, 2.75) is 45.2 Å². The maximum atomic E-state index is 12.4. The van der Waals surface area contributed by atoms with Gasteiger partial charge in [-0.3, -0.25) is 9.69 Å². The minimum absolute atomic E-state index is 0.235. The van der Waals surface area contributed by atoms with Gasteiger partial charge in [0, 0.05) is 32.6 Å². The number of amides is 1. The van der Waals surface area contributed by atoms with Gasteiger partial charge in [-0.25, -0.2) is 0 Å². The molecule has 1 aromatic rings. The molecule has 4 rings (SSSR count). The van der Waals surface area contributed by atoms with Gasteiger partial charge in [-0.2, -0.15) is 0 Å².